The summed E-state index contributed by atoms with van der Waals surface area (Å²) in [7, 11) is -2.16. The number of carbonyl (C=O) groups is 1. The lowest BCUT2D eigenvalue weighted by molar-refractivity contribution is -0.137. The minimum absolute atomic E-state index is 0.256. The van der Waals surface area contributed by atoms with Crippen LogP contribution in [0.15, 0.2) is 0 Å². The Morgan fingerprint density at radius 1 is 1.17 bits per heavy atom. The molecule has 0 saturated carbocycles. The lowest BCUT2D eigenvalue weighted by Gasteiger charge is -2.13. The number of rotatable bonds is 6. The molecule has 5 heteroatoms. The summed E-state index contributed by atoms with van der Waals surface area (Å²) < 4.78 is 15.2. The van der Waals surface area contributed by atoms with Crippen LogP contribution in [0.3, 0.4) is 0 Å². The molecule has 0 atom stereocenters. The summed E-state index contributed by atoms with van der Waals surface area (Å²) in [4.78, 5) is 10.8. The van der Waals surface area contributed by atoms with E-state index in [9.17, 15) is 4.79 Å². The molecule has 0 rings (SSSR count). The van der Waals surface area contributed by atoms with Crippen molar-refractivity contribution in [3.05, 3.63) is 0 Å². The maximum atomic E-state index is 10.8. The van der Waals surface area contributed by atoms with E-state index in [1.54, 1.807) is 6.92 Å². The Labute approximate surface area is 74.8 Å². The molecule has 0 N–H and O–H groups in total. The fraction of sp³-hybridized carbons (Fsp3) is 0.857. The molecule has 12 heavy (non-hydrogen) atoms. The highest BCUT2D eigenvalue weighted by Gasteiger charge is 2.17. The van der Waals surface area contributed by atoms with E-state index in [1.807, 2.05) is 13.8 Å². The van der Waals surface area contributed by atoms with Crippen molar-refractivity contribution < 1.29 is 18.1 Å². The quantitative estimate of drug-likeness (QED) is 0.582. The minimum atomic E-state index is -2.16. The van der Waals surface area contributed by atoms with Crippen molar-refractivity contribution >= 4 is 15.5 Å². The molecule has 4 nitrogen and oxygen atoms in total. The Hall–Kier alpha value is -0.393. The van der Waals surface area contributed by atoms with E-state index in [4.69, 9.17) is 13.3 Å². The molecule has 0 amide bonds. The lowest BCUT2D eigenvalue weighted by Crippen LogP contribution is -2.29. The van der Waals surface area contributed by atoms with Crippen molar-refractivity contribution in [2.75, 3.05) is 13.2 Å². The van der Waals surface area contributed by atoms with E-state index in [-0.39, 0.29) is 5.97 Å². The Balaban J connectivity index is 3.68. The molecule has 0 saturated heterocycles. The second-order valence-corrected chi connectivity index (χ2v) is 3.52. The first-order chi connectivity index (χ1) is 5.74. The summed E-state index contributed by atoms with van der Waals surface area (Å²) >= 11 is 0. The zero-order valence-electron chi connectivity index (χ0n) is 7.83. The lowest BCUT2D eigenvalue weighted by atomic mass is 10.5. The van der Waals surface area contributed by atoms with Crippen molar-refractivity contribution in [1.82, 2.24) is 0 Å². The zero-order valence-corrected chi connectivity index (χ0v) is 8.99. The van der Waals surface area contributed by atoms with Gasteiger partial charge in [0.05, 0.1) is 0 Å². The highest BCUT2D eigenvalue weighted by atomic mass is 28.3. The van der Waals surface area contributed by atoms with Crippen molar-refractivity contribution in [3.8, 4) is 0 Å². The number of hydrogen-bond donors (Lipinski definition) is 0. The summed E-state index contributed by atoms with van der Waals surface area (Å²) in [6.45, 7) is 6.48. The highest BCUT2D eigenvalue weighted by Crippen LogP contribution is 1.95. The molecule has 0 fully saturated rings. The summed E-state index contributed by atoms with van der Waals surface area (Å²) in [5.41, 5.74) is 0. The molecule has 0 bridgehead atoms. The summed E-state index contributed by atoms with van der Waals surface area (Å²) in [5.74, 6) is -0.256. The molecule has 0 unspecified atom stereocenters. The average Bonchev–Trinajstić information content (AvgIpc) is 2.05. The fourth-order valence-corrected chi connectivity index (χ4v) is 1.74. The Morgan fingerprint density at radius 2 is 1.67 bits per heavy atom. The van der Waals surface area contributed by atoms with Gasteiger partial charge in [0.25, 0.3) is 5.97 Å². The van der Waals surface area contributed by atoms with Crippen LogP contribution in [0.2, 0.25) is 0 Å². The monoisotopic (exact) mass is 192 g/mol. The molecule has 0 aromatic heterocycles. The van der Waals surface area contributed by atoms with Crippen LogP contribution in [0.1, 0.15) is 27.2 Å². The highest BCUT2D eigenvalue weighted by molar-refractivity contribution is 6.39. The average molecular weight is 192 g/mol. The van der Waals surface area contributed by atoms with E-state index in [0.717, 1.165) is 0 Å². The predicted molar refractivity (Wildman–Crippen MR) is 46.8 cm³/mol. The van der Waals surface area contributed by atoms with Gasteiger partial charge in [-0.3, -0.25) is 4.79 Å². The van der Waals surface area contributed by atoms with Crippen LogP contribution in [0.5, 0.6) is 0 Å². The van der Waals surface area contributed by atoms with Crippen LogP contribution in [-0.2, 0) is 18.1 Å². The maximum Gasteiger partial charge on any atom is 0.551 e. The topological polar surface area (TPSA) is 44.8 Å². The van der Waals surface area contributed by atoms with Crippen LogP contribution >= 0.6 is 0 Å². The summed E-state index contributed by atoms with van der Waals surface area (Å²) in [6.07, 6.45) is 0.365. The van der Waals surface area contributed by atoms with Gasteiger partial charge >= 0.3 is 9.53 Å². The van der Waals surface area contributed by atoms with Crippen LogP contribution in [0.25, 0.3) is 0 Å². The molecule has 0 aliphatic rings. The third-order valence-corrected chi connectivity index (χ3v) is 2.79. The maximum absolute atomic E-state index is 10.8. The van der Waals surface area contributed by atoms with Crippen LogP contribution in [0, 0.1) is 0 Å². The zero-order chi connectivity index (χ0) is 9.40. The molecule has 0 radical (unpaired) electrons. The Bertz CT molecular complexity index is 123. The first-order valence-electron chi connectivity index (χ1n) is 4.17. The van der Waals surface area contributed by atoms with E-state index < -0.39 is 9.53 Å². The van der Waals surface area contributed by atoms with Gasteiger partial charge in [0.15, 0.2) is 0 Å². The SMILES string of the molecule is CCO[SiH](OCC)OC(=O)CC. The molecule has 0 heterocycles. The normalized spacial score (nSPS) is 10.3. The van der Waals surface area contributed by atoms with Gasteiger partial charge in [0, 0.05) is 19.6 Å². The standard InChI is InChI=1S/C7H16O4Si/c1-4-7(8)11-12(9-5-2)10-6-3/h12H,4-6H2,1-3H3. The number of hydrogen-bond acceptors (Lipinski definition) is 4. The van der Waals surface area contributed by atoms with Crippen molar-refractivity contribution in [1.29, 1.82) is 0 Å². The van der Waals surface area contributed by atoms with E-state index in [2.05, 4.69) is 0 Å². The molecule has 0 aromatic carbocycles. The van der Waals surface area contributed by atoms with Gasteiger partial charge in [-0.1, -0.05) is 6.92 Å². The van der Waals surface area contributed by atoms with Gasteiger partial charge in [-0.2, -0.15) is 0 Å². The van der Waals surface area contributed by atoms with E-state index in [1.165, 1.54) is 0 Å². The molecular formula is C7H16O4Si. The third-order valence-electron chi connectivity index (χ3n) is 1.12. The molecule has 0 aliphatic carbocycles. The van der Waals surface area contributed by atoms with Crippen LogP contribution in [-0.4, -0.2) is 28.7 Å². The predicted octanol–water partition coefficient (Wildman–Crippen LogP) is 0.730. The third kappa shape index (κ3) is 5.28. The largest absolute Gasteiger partial charge is 0.551 e. The molecule has 0 spiro atoms. The molecule has 72 valence electrons. The second-order valence-electron chi connectivity index (χ2n) is 2.04. The molecule has 0 aliphatic heterocycles. The second kappa shape index (κ2) is 7.27. The summed E-state index contributed by atoms with van der Waals surface area (Å²) in [5, 5.41) is 0. The van der Waals surface area contributed by atoms with Gasteiger partial charge in [0.2, 0.25) is 0 Å². The first kappa shape index (κ1) is 11.6. The molecule has 0 aromatic rings. The van der Waals surface area contributed by atoms with Crippen molar-refractivity contribution in [2.24, 2.45) is 0 Å². The van der Waals surface area contributed by atoms with Crippen molar-refractivity contribution in [2.45, 2.75) is 27.2 Å². The Morgan fingerprint density at radius 3 is 2.00 bits per heavy atom. The summed E-state index contributed by atoms with van der Waals surface area (Å²) in [6, 6.07) is 0. The fourth-order valence-electron chi connectivity index (χ4n) is 0.579. The van der Waals surface area contributed by atoms with E-state index in [0.29, 0.717) is 19.6 Å². The van der Waals surface area contributed by atoms with Crippen LogP contribution in [0.4, 0.5) is 0 Å². The van der Waals surface area contributed by atoms with Gasteiger partial charge in [-0.25, -0.2) is 0 Å². The molecular weight excluding hydrogens is 176 g/mol. The number of carbonyl (C=O) groups excluding carboxylic acids is 1. The smallest absolute Gasteiger partial charge is 0.476 e. The van der Waals surface area contributed by atoms with Gasteiger partial charge < -0.3 is 13.3 Å². The van der Waals surface area contributed by atoms with Gasteiger partial charge in [0.1, 0.15) is 0 Å². The van der Waals surface area contributed by atoms with Gasteiger partial charge in [-0.05, 0) is 13.8 Å². The minimum Gasteiger partial charge on any atom is -0.476 e. The Kier molecular flexibility index (Phi) is 7.03. The van der Waals surface area contributed by atoms with Crippen molar-refractivity contribution in [3.63, 3.8) is 0 Å². The van der Waals surface area contributed by atoms with Gasteiger partial charge in [-0.15, -0.1) is 0 Å². The first-order valence-corrected chi connectivity index (χ1v) is 5.58. The van der Waals surface area contributed by atoms with Crippen LogP contribution < -0.4 is 0 Å². The van der Waals surface area contributed by atoms with E-state index >= 15 is 0 Å².